The van der Waals surface area contributed by atoms with Crippen LogP contribution in [0.1, 0.15) is 17.2 Å². The summed E-state index contributed by atoms with van der Waals surface area (Å²) in [4.78, 5) is 0. The highest BCUT2D eigenvalue weighted by molar-refractivity contribution is 7.91. The van der Waals surface area contributed by atoms with Gasteiger partial charge < -0.3 is 0 Å². The predicted molar refractivity (Wildman–Crippen MR) is 86.8 cm³/mol. The fraction of sp³-hybridized carbons (Fsp3) is 0.538. The van der Waals surface area contributed by atoms with Crippen molar-refractivity contribution in [1.82, 2.24) is 8.61 Å². The summed E-state index contributed by atoms with van der Waals surface area (Å²) in [6.45, 7) is 0.111. The van der Waals surface area contributed by atoms with Gasteiger partial charge in [-0.3, -0.25) is 0 Å². The number of halogens is 1. The molecule has 0 amide bonds. The van der Waals surface area contributed by atoms with Gasteiger partial charge in [-0.1, -0.05) is 29.8 Å². The molecule has 0 saturated carbocycles. The third-order valence-corrected chi connectivity index (χ3v) is 8.13. The lowest BCUT2D eigenvalue weighted by Crippen LogP contribution is -2.41. The minimum absolute atomic E-state index is 0.0379. The third-order valence-electron chi connectivity index (χ3n) is 3.74. The van der Waals surface area contributed by atoms with Gasteiger partial charge in [-0.05, 0) is 18.1 Å². The molecule has 0 spiro atoms. The van der Waals surface area contributed by atoms with E-state index in [2.05, 4.69) is 0 Å². The number of nitrogens with zero attached hydrogens (tertiary/aromatic N) is 2. The fourth-order valence-electron chi connectivity index (χ4n) is 2.47. The first-order valence-electron chi connectivity index (χ1n) is 6.80. The third kappa shape index (κ3) is 3.46. The molecule has 0 N–H and O–H groups in total. The number of hydrogen-bond donors (Lipinski definition) is 0. The van der Waals surface area contributed by atoms with Crippen molar-refractivity contribution in [2.45, 2.75) is 11.7 Å². The van der Waals surface area contributed by atoms with Crippen LogP contribution in [0.2, 0.25) is 5.02 Å². The maximum Gasteiger partial charge on any atom is 0.281 e. The number of benzene rings is 1. The van der Waals surface area contributed by atoms with E-state index in [1.807, 2.05) is 0 Å². The molecule has 0 aliphatic carbocycles. The van der Waals surface area contributed by atoms with E-state index in [4.69, 9.17) is 11.6 Å². The standard InChI is InChI=1S/C13H19ClN2O4S2/c1-15(2)22(19,20)16-8-7-13(21(17,18)10-9-16)11-5-3-4-6-12(11)14/h3-6,13H,7-10H2,1-2H3. The molecule has 0 bridgehead atoms. The minimum atomic E-state index is -3.62. The highest BCUT2D eigenvalue weighted by Crippen LogP contribution is 2.34. The van der Waals surface area contributed by atoms with E-state index in [0.717, 1.165) is 4.31 Å². The molecule has 1 aromatic carbocycles. The predicted octanol–water partition coefficient (Wildman–Crippen LogP) is 1.31. The van der Waals surface area contributed by atoms with E-state index in [1.165, 1.54) is 18.4 Å². The lowest BCUT2D eigenvalue weighted by Gasteiger charge is -2.23. The van der Waals surface area contributed by atoms with Crippen LogP contribution in [0.3, 0.4) is 0 Å². The average Bonchev–Trinajstić information content (AvgIpc) is 2.58. The molecule has 1 fully saturated rings. The molecule has 1 atom stereocenters. The van der Waals surface area contributed by atoms with Gasteiger partial charge in [0.1, 0.15) is 0 Å². The van der Waals surface area contributed by atoms with Crippen molar-refractivity contribution < 1.29 is 16.8 Å². The molecule has 1 heterocycles. The van der Waals surface area contributed by atoms with Crippen LogP contribution in [-0.2, 0) is 20.0 Å². The van der Waals surface area contributed by atoms with Crippen LogP contribution in [0.25, 0.3) is 0 Å². The van der Waals surface area contributed by atoms with Crippen molar-refractivity contribution in [1.29, 1.82) is 0 Å². The lowest BCUT2D eigenvalue weighted by molar-refractivity contribution is 0.387. The zero-order chi connectivity index (χ0) is 16.5. The van der Waals surface area contributed by atoms with Crippen LogP contribution in [0.15, 0.2) is 24.3 Å². The molecule has 9 heteroatoms. The Bertz CT molecular complexity index is 747. The van der Waals surface area contributed by atoms with Crippen molar-refractivity contribution in [3.8, 4) is 0 Å². The topological polar surface area (TPSA) is 74.8 Å². The highest BCUT2D eigenvalue weighted by atomic mass is 35.5. The summed E-state index contributed by atoms with van der Waals surface area (Å²) < 4.78 is 51.7. The first kappa shape index (κ1) is 17.7. The van der Waals surface area contributed by atoms with E-state index >= 15 is 0 Å². The Kier molecular flexibility index (Phi) is 5.18. The van der Waals surface area contributed by atoms with Gasteiger partial charge in [0.2, 0.25) is 0 Å². The van der Waals surface area contributed by atoms with E-state index in [0.29, 0.717) is 10.6 Å². The summed E-state index contributed by atoms with van der Waals surface area (Å²) in [7, 11) is -4.22. The molecule has 6 nitrogen and oxygen atoms in total. The molecule has 22 heavy (non-hydrogen) atoms. The zero-order valence-corrected chi connectivity index (χ0v) is 14.8. The normalized spacial score (nSPS) is 23.4. The first-order valence-corrected chi connectivity index (χ1v) is 10.3. The molecule has 0 aromatic heterocycles. The molecular formula is C13H19ClN2O4S2. The molecule has 1 aliphatic rings. The Morgan fingerprint density at radius 1 is 1.23 bits per heavy atom. The molecule has 1 aromatic rings. The molecule has 1 saturated heterocycles. The minimum Gasteiger partial charge on any atom is -0.228 e. The van der Waals surface area contributed by atoms with Crippen LogP contribution >= 0.6 is 11.6 Å². The average molecular weight is 367 g/mol. The maximum atomic E-state index is 12.5. The van der Waals surface area contributed by atoms with Crippen LogP contribution in [0.4, 0.5) is 0 Å². The van der Waals surface area contributed by atoms with Crippen molar-refractivity contribution in [3.63, 3.8) is 0 Å². The lowest BCUT2D eigenvalue weighted by atomic mass is 10.1. The largest absolute Gasteiger partial charge is 0.281 e. The Balaban J connectivity index is 2.35. The molecule has 1 aliphatic heterocycles. The molecular weight excluding hydrogens is 348 g/mol. The van der Waals surface area contributed by atoms with Gasteiger partial charge in [0.15, 0.2) is 9.84 Å². The molecule has 2 rings (SSSR count). The second-order valence-corrected chi connectivity index (χ2v) is 10.2. The van der Waals surface area contributed by atoms with Gasteiger partial charge in [0.05, 0.1) is 11.0 Å². The van der Waals surface area contributed by atoms with Gasteiger partial charge in [-0.15, -0.1) is 0 Å². The Morgan fingerprint density at radius 2 is 1.86 bits per heavy atom. The van der Waals surface area contributed by atoms with Crippen molar-refractivity contribution in [2.75, 3.05) is 32.9 Å². The van der Waals surface area contributed by atoms with Crippen molar-refractivity contribution in [2.24, 2.45) is 0 Å². The molecule has 0 radical (unpaired) electrons. The summed E-state index contributed by atoms with van der Waals surface area (Å²) in [5, 5.41) is -0.386. The maximum absolute atomic E-state index is 12.5. The monoisotopic (exact) mass is 366 g/mol. The quantitative estimate of drug-likeness (QED) is 0.808. The van der Waals surface area contributed by atoms with Crippen molar-refractivity contribution >= 4 is 31.6 Å². The van der Waals surface area contributed by atoms with Crippen LogP contribution in [-0.4, -0.2) is 58.4 Å². The van der Waals surface area contributed by atoms with Crippen LogP contribution in [0.5, 0.6) is 0 Å². The van der Waals surface area contributed by atoms with Gasteiger partial charge >= 0.3 is 0 Å². The second-order valence-electron chi connectivity index (χ2n) is 5.36. The summed E-state index contributed by atoms with van der Waals surface area (Å²) in [5.74, 6) is -0.212. The van der Waals surface area contributed by atoms with Crippen LogP contribution < -0.4 is 0 Å². The highest BCUT2D eigenvalue weighted by Gasteiger charge is 2.36. The smallest absolute Gasteiger partial charge is 0.228 e. The van der Waals surface area contributed by atoms with Crippen molar-refractivity contribution in [3.05, 3.63) is 34.9 Å². The summed E-state index contributed by atoms with van der Waals surface area (Å²) >= 11 is 6.11. The Hall–Kier alpha value is -0.670. The second kappa shape index (κ2) is 6.45. The van der Waals surface area contributed by atoms with E-state index in [1.54, 1.807) is 24.3 Å². The number of rotatable bonds is 3. The van der Waals surface area contributed by atoms with E-state index in [-0.39, 0.29) is 25.3 Å². The zero-order valence-electron chi connectivity index (χ0n) is 12.4. The Morgan fingerprint density at radius 3 is 2.45 bits per heavy atom. The summed E-state index contributed by atoms with van der Waals surface area (Å²) in [6.07, 6.45) is 0.194. The van der Waals surface area contributed by atoms with Gasteiger partial charge in [-0.25, -0.2) is 8.42 Å². The van der Waals surface area contributed by atoms with Gasteiger partial charge in [0, 0.05) is 32.2 Å². The SMILES string of the molecule is CN(C)S(=O)(=O)N1CCC(c2ccccc2Cl)S(=O)(=O)CC1. The Labute approximate surface area is 136 Å². The van der Waals surface area contributed by atoms with E-state index < -0.39 is 25.3 Å². The summed E-state index contributed by atoms with van der Waals surface area (Å²) in [5.41, 5.74) is 0.535. The first-order chi connectivity index (χ1) is 10.2. The van der Waals surface area contributed by atoms with Crippen LogP contribution in [0, 0.1) is 0 Å². The number of sulfone groups is 1. The van der Waals surface area contributed by atoms with Gasteiger partial charge in [0.25, 0.3) is 10.2 Å². The molecule has 1 unspecified atom stereocenters. The van der Waals surface area contributed by atoms with E-state index in [9.17, 15) is 16.8 Å². The van der Waals surface area contributed by atoms with Gasteiger partial charge in [-0.2, -0.15) is 17.0 Å². The summed E-state index contributed by atoms with van der Waals surface area (Å²) in [6, 6.07) is 6.79. The fourth-order valence-corrected chi connectivity index (χ4v) is 5.85. The number of hydrogen-bond acceptors (Lipinski definition) is 4. The molecule has 124 valence electrons.